The maximum absolute atomic E-state index is 13.0. The first-order valence-corrected chi connectivity index (χ1v) is 8.43. The lowest BCUT2D eigenvalue weighted by molar-refractivity contribution is -0.163. The van der Waals surface area contributed by atoms with Crippen molar-refractivity contribution in [3.05, 3.63) is 76.5 Å². The highest BCUT2D eigenvalue weighted by molar-refractivity contribution is 5.76. The van der Waals surface area contributed by atoms with Crippen LogP contribution in [0.15, 0.2) is 63.8 Å². The van der Waals surface area contributed by atoms with Crippen molar-refractivity contribution in [2.45, 2.75) is 19.3 Å². The molecule has 0 bridgehead atoms. The topological polar surface area (TPSA) is 68.3 Å². The highest BCUT2D eigenvalue weighted by Gasteiger charge is 2.33. The summed E-state index contributed by atoms with van der Waals surface area (Å²) in [7, 11) is 0. The van der Waals surface area contributed by atoms with Gasteiger partial charge >= 0.3 is 11.9 Å². The highest BCUT2D eigenvalue weighted by atomic mass is 19.4. The molecule has 152 valence electrons. The molecule has 0 unspecified atom stereocenters. The van der Waals surface area contributed by atoms with E-state index in [4.69, 9.17) is 4.42 Å². The maximum Gasteiger partial charge on any atom is 0.437 e. The van der Waals surface area contributed by atoms with E-state index in [9.17, 15) is 27.2 Å². The molecule has 1 amide bonds. The van der Waals surface area contributed by atoms with Gasteiger partial charge in [0.2, 0.25) is 11.8 Å². The Morgan fingerprint density at radius 2 is 1.72 bits per heavy atom. The van der Waals surface area contributed by atoms with Crippen molar-refractivity contribution in [3.63, 3.8) is 0 Å². The number of hydrogen-bond acceptors (Lipinski definition) is 4. The number of amides is 1. The SMILES string of the molecule is O=C(Cn1nc(-c2ccc(F)cc2)oc1=O)N(Cc1ccccc1)CC(F)(F)F. The second-order valence-electron chi connectivity index (χ2n) is 6.19. The molecule has 3 rings (SSSR count). The third-order valence-electron chi connectivity index (χ3n) is 3.92. The Morgan fingerprint density at radius 1 is 1.07 bits per heavy atom. The summed E-state index contributed by atoms with van der Waals surface area (Å²) in [5.74, 6) is -2.64. The molecule has 0 atom stereocenters. The molecule has 0 spiro atoms. The number of nitrogens with zero attached hydrogens (tertiary/aromatic N) is 3. The van der Waals surface area contributed by atoms with E-state index in [1.54, 1.807) is 30.3 Å². The van der Waals surface area contributed by atoms with Gasteiger partial charge in [0.15, 0.2) is 0 Å². The number of benzene rings is 2. The summed E-state index contributed by atoms with van der Waals surface area (Å²) in [6, 6.07) is 13.1. The smallest absolute Gasteiger partial charge is 0.388 e. The molecule has 0 N–H and O–H groups in total. The van der Waals surface area contributed by atoms with Crippen LogP contribution in [-0.2, 0) is 17.9 Å². The lowest BCUT2D eigenvalue weighted by Gasteiger charge is -2.23. The fourth-order valence-corrected chi connectivity index (χ4v) is 2.60. The second-order valence-corrected chi connectivity index (χ2v) is 6.19. The van der Waals surface area contributed by atoms with Gasteiger partial charge in [0.25, 0.3) is 0 Å². The van der Waals surface area contributed by atoms with Gasteiger partial charge < -0.3 is 9.32 Å². The number of carbonyl (C=O) groups excluding carboxylic acids is 1. The molecule has 0 aliphatic carbocycles. The van der Waals surface area contributed by atoms with Crippen LogP contribution in [0.3, 0.4) is 0 Å². The van der Waals surface area contributed by atoms with Gasteiger partial charge in [0, 0.05) is 12.1 Å². The molecule has 2 aromatic carbocycles. The van der Waals surface area contributed by atoms with E-state index < -0.39 is 36.7 Å². The van der Waals surface area contributed by atoms with Crippen molar-refractivity contribution < 1.29 is 26.8 Å². The molecule has 1 aromatic heterocycles. The Kier molecular flexibility index (Phi) is 5.81. The van der Waals surface area contributed by atoms with Gasteiger partial charge in [-0.25, -0.2) is 9.18 Å². The minimum absolute atomic E-state index is 0.173. The van der Waals surface area contributed by atoms with Gasteiger partial charge in [-0.15, -0.1) is 5.10 Å². The zero-order valence-electron chi connectivity index (χ0n) is 14.9. The van der Waals surface area contributed by atoms with Crippen LogP contribution in [0, 0.1) is 5.82 Å². The molecule has 0 aliphatic rings. The second kappa shape index (κ2) is 8.29. The average molecular weight is 409 g/mol. The quantitative estimate of drug-likeness (QED) is 0.587. The molecule has 0 saturated carbocycles. The molecule has 0 radical (unpaired) electrons. The number of carbonyl (C=O) groups is 1. The van der Waals surface area contributed by atoms with Crippen LogP contribution >= 0.6 is 0 Å². The standard InChI is InChI=1S/C19H15F4N3O3/c20-15-8-6-14(7-9-15)17-24-26(18(28)29-17)11-16(27)25(12-19(21,22)23)10-13-4-2-1-3-5-13/h1-9H,10-12H2. The molecule has 29 heavy (non-hydrogen) atoms. The van der Waals surface area contributed by atoms with Gasteiger partial charge in [0.1, 0.15) is 18.9 Å². The maximum atomic E-state index is 13.0. The number of hydrogen-bond donors (Lipinski definition) is 0. The predicted octanol–water partition coefficient (Wildman–Crippen LogP) is 3.23. The Labute approximate surface area is 162 Å². The van der Waals surface area contributed by atoms with Crippen LogP contribution < -0.4 is 5.76 Å². The Balaban J connectivity index is 1.80. The lowest BCUT2D eigenvalue weighted by Crippen LogP contribution is -2.41. The highest BCUT2D eigenvalue weighted by Crippen LogP contribution is 2.19. The van der Waals surface area contributed by atoms with Crippen molar-refractivity contribution in [1.29, 1.82) is 0 Å². The van der Waals surface area contributed by atoms with Crippen LogP contribution in [0.2, 0.25) is 0 Å². The molecule has 6 nitrogen and oxygen atoms in total. The van der Waals surface area contributed by atoms with Crippen LogP contribution in [0.5, 0.6) is 0 Å². The van der Waals surface area contributed by atoms with E-state index in [1.165, 1.54) is 12.1 Å². The minimum Gasteiger partial charge on any atom is -0.388 e. The fourth-order valence-electron chi connectivity index (χ4n) is 2.60. The van der Waals surface area contributed by atoms with E-state index in [0.717, 1.165) is 12.1 Å². The molecule has 10 heteroatoms. The molecule has 3 aromatic rings. The summed E-state index contributed by atoms with van der Waals surface area (Å²) in [5.41, 5.74) is 0.788. The van der Waals surface area contributed by atoms with Crippen molar-refractivity contribution in [1.82, 2.24) is 14.7 Å². The number of halogens is 4. The van der Waals surface area contributed by atoms with E-state index in [0.29, 0.717) is 15.1 Å². The molecule has 0 aliphatic heterocycles. The van der Waals surface area contributed by atoms with Gasteiger partial charge in [-0.3, -0.25) is 4.79 Å². The van der Waals surface area contributed by atoms with Crippen LogP contribution in [-0.4, -0.2) is 33.3 Å². The van der Waals surface area contributed by atoms with Crippen molar-refractivity contribution >= 4 is 5.91 Å². The van der Waals surface area contributed by atoms with Crippen molar-refractivity contribution in [2.24, 2.45) is 0 Å². The van der Waals surface area contributed by atoms with Gasteiger partial charge in [-0.1, -0.05) is 30.3 Å². The first-order valence-electron chi connectivity index (χ1n) is 8.43. The monoisotopic (exact) mass is 409 g/mol. The zero-order valence-corrected chi connectivity index (χ0v) is 14.9. The first-order chi connectivity index (χ1) is 13.7. The molecule has 0 saturated heterocycles. The summed E-state index contributed by atoms with van der Waals surface area (Å²) in [5, 5.41) is 3.82. The summed E-state index contributed by atoms with van der Waals surface area (Å²) < 4.78 is 57.3. The van der Waals surface area contributed by atoms with E-state index >= 15 is 0 Å². The third kappa shape index (κ3) is 5.53. The van der Waals surface area contributed by atoms with E-state index in [1.807, 2.05) is 0 Å². The number of aromatic nitrogens is 2. The Hall–Kier alpha value is -3.43. The van der Waals surface area contributed by atoms with Crippen LogP contribution in [0.1, 0.15) is 5.56 Å². The summed E-state index contributed by atoms with van der Waals surface area (Å²) in [6.45, 7) is -2.48. The molecule has 1 heterocycles. The normalized spacial score (nSPS) is 11.4. The molecule has 0 fully saturated rings. The minimum atomic E-state index is -4.61. The largest absolute Gasteiger partial charge is 0.437 e. The average Bonchev–Trinajstić information content (AvgIpc) is 3.02. The number of rotatable bonds is 6. The predicted molar refractivity (Wildman–Crippen MR) is 94.1 cm³/mol. The summed E-state index contributed by atoms with van der Waals surface area (Å²) in [4.78, 5) is 25.0. The molecular weight excluding hydrogens is 394 g/mol. The lowest BCUT2D eigenvalue weighted by atomic mass is 10.2. The van der Waals surface area contributed by atoms with Crippen molar-refractivity contribution in [2.75, 3.05) is 6.54 Å². The van der Waals surface area contributed by atoms with Crippen molar-refractivity contribution in [3.8, 4) is 11.5 Å². The summed E-state index contributed by atoms with van der Waals surface area (Å²) in [6.07, 6.45) is -4.61. The Morgan fingerprint density at radius 3 is 2.34 bits per heavy atom. The zero-order chi connectivity index (χ0) is 21.0. The number of alkyl halides is 3. The van der Waals surface area contributed by atoms with Gasteiger partial charge in [0.05, 0.1) is 0 Å². The third-order valence-corrected chi connectivity index (χ3v) is 3.92. The summed E-state index contributed by atoms with van der Waals surface area (Å²) >= 11 is 0. The van der Waals surface area contributed by atoms with Crippen LogP contribution in [0.4, 0.5) is 17.6 Å². The fraction of sp³-hybridized carbons (Fsp3) is 0.211. The Bertz CT molecular complexity index is 1030. The van der Waals surface area contributed by atoms with Crippen LogP contribution in [0.25, 0.3) is 11.5 Å². The van der Waals surface area contributed by atoms with E-state index in [-0.39, 0.29) is 18.0 Å². The molecular formula is C19H15F4N3O3. The van der Waals surface area contributed by atoms with Gasteiger partial charge in [-0.05, 0) is 29.8 Å². The first kappa shape index (κ1) is 20.3. The van der Waals surface area contributed by atoms with E-state index in [2.05, 4.69) is 5.10 Å². The van der Waals surface area contributed by atoms with Gasteiger partial charge in [-0.2, -0.15) is 17.9 Å².